The summed E-state index contributed by atoms with van der Waals surface area (Å²) in [5.74, 6) is 2.99. The maximum absolute atomic E-state index is 4.87. The van der Waals surface area contributed by atoms with E-state index in [1.165, 1.54) is 44.2 Å². The van der Waals surface area contributed by atoms with Gasteiger partial charge in [0.15, 0.2) is 5.13 Å². The molecule has 0 unspecified atom stereocenters. The lowest BCUT2D eigenvalue weighted by Gasteiger charge is -2.56. The van der Waals surface area contributed by atoms with Gasteiger partial charge in [-0.15, -0.1) is 11.3 Å². The topological polar surface area (TPSA) is 24.9 Å². The quantitative estimate of drug-likeness (QED) is 0.844. The molecule has 20 heavy (non-hydrogen) atoms. The minimum atomic E-state index is 0.165. The Kier molecular flexibility index (Phi) is 2.77. The average molecular weight is 290 g/mol. The normalized spacial score (nSPS) is 39.2. The third kappa shape index (κ3) is 2.18. The fourth-order valence-corrected chi connectivity index (χ4v) is 6.22. The number of aromatic nitrogens is 1. The van der Waals surface area contributed by atoms with Gasteiger partial charge >= 0.3 is 0 Å². The number of thiazole rings is 1. The molecule has 0 atom stereocenters. The molecule has 5 rings (SSSR count). The van der Waals surface area contributed by atoms with Gasteiger partial charge in [-0.3, -0.25) is 0 Å². The van der Waals surface area contributed by atoms with Crippen molar-refractivity contribution in [3.63, 3.8) is 0 Å². The average Bonchev–Trinajstić information content (AvgIpc) is 2.74. The standard InChI is InChI=1S/C17H26N2S/c1-16(2,3)14-10-20-15(18-14)19-17-7-11-4-12(8-17)6-13(5-11)9-17/h10-13H,4-9H2,1-3H3,(H,18,19). The van der Waals surface area contributed by atoms with E-state index in [-0.39, 0.29) is 5.41 Å². The van der Waals surface area contributed by atoms with Crippen LogP contribution in [0.25, 0.3) is 0 Å². The van der Waals surface area contributed by atoms with Gasteiger partial charge in [0, 0.05) is 16.3 Å². The molecule has 1 N–H and O–H groups in total. The lowest BCUT2D eigenvalue weighted by molar-refractivity contribution is 0.0107. The fourth-order valence-electron chi connectivity index (χ4n) is 5.17. The highest BCUT2D eigenvalue weighted by atomic mass is 32.1. The highest BCUT2D eigenvalue weighted by Crippen LogP contribution is 2.56. The monoisotopic (exact) mass is 290 g/mol. The van der Waals surface area contributed by atoms with Crippen LogP contribution in [0.15, 0.2) is 5.38 Å². The van der Waals surface area contributed by atoms with Crippen LogP contribution < -0.4 is 5.32 Å². The molecular formula is C17H26N2S. The van der Waals surface area contributed by atoms with E-state index in [9.17, 15) is 0 Å². The molecule has 0 spiro atoms. The predicted molar refractivity (Wildman–Crippen MR) is 85.3 cm³/mol. The molecule has 0 radical (unpaired) electrons. The minimum Gasteiger partial charge on any atom is -0.356 e. The molecule has 4 saturated carbocycles. The zero-order chi connectivity index (χ0) is 14.0. The van der Waals surface area contributed by atoms with Crippen LogP contribution in [0.5, 0.6) is 0 Å². The summed E-state index contributed by atoms with van der Waals surface area (Å²) >= 11 is 1.80. The summed E-state index contributed by atoms with van der Waals surface area (Å²) in [4.78, 5) is 4.87. The van der Waals surface area contributed by atoms with Gasteiger partial charge in [0.2, 0.25) is 0 Å². The van der Waals surface area contributed by atoms with Crippen LogP contribution in [0.4, 0.5) is 5.13 Å². The van der Waals surface area contributed by atoms with Gasteiger partial charge in [0.25, 0.3) is 0 Å². The number of nitrogens with zero attached hydrogens (tertiary/aromatic N) is 1. The predicted octanol–water partition coefficient (Wildman–Crippen LogP) is 4.82. The molecule has 4 aliphatic rings. The Labute approximate surface area is 126 Å². The first-order valence-corrected chi connectivity index (χ1v) is 9.04. The van der Waals surface area contributed by atoms with Crippen molar-refractivity contribution < 1.29 is 0 Å². The second-order valence-electron chi connectivity index (χ2n) is 8.61. The summed E-state index contributed by atoms with van der Waals surface area (Å²) in [7, 11) is 0. The molecule has 0 aromatic carbocycles. The van der Waals surface area contributed by atoms with Crippen molar-refractivity contribution in [2.24, 2.45) is 17.8 Å². The van der Waals surface area contributed by atoms with Gasteiger partial charge in [-0.2, -0.15) is 0 Å². The Morgan fingerprint density at radius 2 is 1.65 bits per heavy atom. The van der Waals surface area contributed by atoms with Gasteiger partial charge in [-0.25, -0.2) is 4.98 Å². The number of nitrogens with one attached hydrogen (secondary N) is 1. The molecule has 110 valence electrons. The second kappa shape index (κ2) is 4.22. The van der Waals surface area contributed by atoms with Gasteiger partial charge in [-0.05, 0) is 56.3 Å². The summed E-state index contributed by atoms with van der Waals surface area (Å²) in [6.07, 6.45) is 8.69. The van der Waals surface area contributed by atoms with E-state index in [1.807, 2.05) is 0 Å². The lowest BCUT2D eigenvalue weighted by atomic mass is 9.53. The summed E-state index contributed by atoms with van der Waals surface area (Å²) < 4.78 is 0. The van der Waals surface area contributed by atoms with Crippen LogP contribution in [0.2, 0.25) is 0 Å². The van der Waals surface area contributed by atoms with E-state index < -0.39 is 0 Å². The van der Waals surface area contributed by atoms with E-state index >= 15 is 0 Å². The summed E-state index contributed by atoms with van der Waals surface area (Å²) in [6, 6.07) is 0. The van der Waals surface area contributed by atoms with Crippen molar-refractivity contribution in [2.45, 2.75) is 70.3 Å². The third-order valence-corrected chi connectivity index (χ3v) is 6.44. The highest BCUT2D eigenvalue weighted by molar-refractivity contribution is 7.13. The highest BCUT2D eigenvalue weighted by Gasteiger charge is 2.51. The van der Waals surface area contributed by atoms with Gasteiger partial charge in [-0.1, -0.05) is 20.8 Å². The molecule has 2 nitrogen and oxygen atoms in total. The van der Waals surface area contributed by atoms with Crippen molar-refractivity contribution in [1.82, 2.24) is 4.98 Å². The molecule has 1 aromatic heterocycles. The molecule has 0 saturated heterocycles. The van der Waals surface area contributed by atoms with E-state index in [4.69, 9.17) is 4.98 Å². The maximum Gasteiger partial charge on any atom is 0.183 e. The zero-order valence-electron chi connectivity index (χ0n) is 12.9. The molecule has 4 bridgehead atoms. The Balaban J connectivity index is 1.55. The number of anilines is 1. The lowest BCUT2D eigenvalue weighted by Crippen LogP contribution is -2.54. The summed E-state index contributed by atoms with van der Waals surface area (Å²) in [5, 5.41) is 7.29. The molecule has 1 heterocycles. The Hall–Kier alpha value is -0.570. The van der Waals surface area contributed by atoms with Gasteiger partial charge in [0.1, 0.15) is 0 Å². The summed E-state index contributed by atoms with van der Waals surface area (Å²) in [6.45, 7) is 6.74. The number of rotatable bonds is 2. The largest absolute Gasteiger partial charge is 0.356 e. The van der Waals surface area contributed by atoms with E-state index in [0.717, 1.165) is 22.9 Å². The first kappa shape index (κ1) is 13.1. The van der Waals surface area contributed by atoms with Crippen LogP contribution in [-0.4, -0.2) is 10.5 Å². The van der Waals surface area contributed by atoms with Crippen LogP contribution in [0.3, 0.4) is 0 Å². The Morgan fingerprint density at radius 1 is 1.10 bits per heavy atom. The third-order valence-electron chi connectivity index (χ3n) is 5.68. The van der Waals surface area contributed by atoms with Crippen LogP contribution in [0.1, 0.15) is 65.0 Å². The van der Waals surface area contributed by atoms with Crippen molar-refractivity contribution in [3.05, 3.63) is 11.1 Å². The van der Waals surface area contributed by atoms with E-state index in [2.05, 4.69) is 31.5 Å². The van der Waals surface area contributed by atoms with Crippen molar-refractivity contribution in [1.29, 1.82) is 0 Å². The van der Waals surface area contributed by atoms with E-state index in [1.54, 1.807) is 11.3 Å². The SMILES string of the molecule is CC(C)(C)c1csc(NC23CC4CC(CC(C4)C2)C3)n1. The molecule has 4 fully saturated rings. The first-order chi connectivity index (χ1) is 9.42. The summed E-state index contributed by atoms with van der Waals surface area (Å²) in [5.41, 5.74) is 1.79. The fraction of sp³-hybridized carbons (Fsp3) is 0.824. The van der Waals surface area contributed by atoms with Crippen molar-refractivity contribution in [3.8, 4) is 0 Å². The number of hydrogen-bond donors (Lipinski definition) is 1. The Morgan fingerprint density at radius 3 is 2.10 bits per heavy atom. The molecule has 0 aliphatic heterocycles. The molecular weight excluding hydrogens is 264 g/mol. The Bertz CT molecular complexity index is 476. The molecule has 1 aromatic rings. The van der Waals surface area contributed by atoms with Crippen molar-refractivity contribution in [2.75, 3.05) is 5.32 Å². The van der Waals surface area contributed by atoms with E-state index in [0.29, 0.717) is 5.54 Å². The van der Waals surface area contributed by atoms with Crippen LogP contribution in [-0.2, 0) is 5.41 Å². The number of hydrogen-bond acceptors (Lipinski definition) is 3. The van der Waals surface area contributed by atoms with Crippen LogP contribution >= 0.6 is 11.3 Å². The molecule has 4 aliphatic carbocycles. The van der Waals surface area contributed by atoms with Crippen molar-refractivity contribution >= 4 is 16.5 Å². The molecule has 3 heteroatoms. The molecule has 0 amide bonds. The zero-order valence-corrected chi connectivity index (χ0v) is 13.7. The van der Waals surface area contributed by atoms with Gasteiger partial charge < -0.3 is 5.32 Å². The smallest absolute Gasteiger partial charge is 0.183 e. The minimum absolute atomic E-state index is 0.165. The van der Waals surface area contributed by atoms with Gasteiger partial charge in [0.05, 0.1) is 5.69 Å². The van der Waals surface area contributed by atoms with Crippen LogP contribution in [0, 0.1) is 17.8 Å². The second-order valence-corrected chi connectivity index (χ2v) is 9.47. The first-order valence-electron chi connectivity index (χ1n) is 8.16. The maximum atomic E-state index is 4.87.